The minimum atomic E-state index is -0.282. The smallest absolute Gasteiger partial charge is 0.214 e. The number of anilines is 1. The minimum absolute atomic E-state index is 0.250. The quantitative estimate of drug-likeness (QED) is 0.323. The Morgan fingerprint density at radius 3 is 2.56 bits per heavy atom. The first-order valence-corrected chi connectivity index (χ1v) is 10.7. The second-order valence-corrected chi connectivity index (χ2v) is 8.20. The molecule has 0 atom stereocenters. The maximum absolute atomic E-state index is 13.3. The first kappa shape index (κ1) is 19.9. The Morgan fingerprint density at radius 2 is 1.74 bits per heavy atom. The molecule has 0 unspecified atom stereocenters. The molecule has 3 aromatic heterocycles. The maximum Gasteiger partial charge on any atom is 0.214 e. The highest BCUT2D eigenvalue weighted by molar-refractivity contribution is 6.12. The molecule has 0 aliphatic carbocycles. The van der Waals surface area contributed by atoms with Crippen LogP contribution in [-0.4, -0.2) is 30.5 Å². The number of nitrogens with zero attached hydrogens (tertiary/aromatic N) is 3. The summed E-state index contributed by atoms with van der Waals surface area (Å²) in [7, 11) is 0. The summed E-state index contributed by atoms with van der Waals surface area (Å²) in [5.41, 5.74) is 12.1. The SMILES string of the molecule is Cc1nc2cc(-n3ncc(C(=O)c4cc5ccc(-c6ccc(F)cc6)cc5[nH]4)c3N)ccc2[nH]1. The van der Waals surface area contributed by atoms with Crippen LogP contribution in [0.3, 0.4) is 0 Å². The summed E-state index contributed by atoms with van der Waals surface area (Å²) in [6, 6.07) is 19.5. The van der Waals surface area contributed by atoms with Gasteiger partial charge >= 0.3 is 0 Å². The zero-order valence-corrected chi connectivity index (χ0v) is 18.1. The largest absolute Gasteiger partial charge is 0.383 e. The molecule has 3 heterocycles. The third kappa shape index (κ3) is 3.24. The van der Waals surface area contributed by atoms with Crippen LogP contribution < -0.4 is 5.73 Å². The Balaban J connectivity index is 1.34. The molecule has 0 amide bonds. The highest BCUT2D eigenvalue weighted by Crippen LogP contribution is 2.27. The number of carbonyl (C=O) groups is 1. The number of H-pyrrole nitrogens is 2. The lowest BCUT2D eigenvalue weighted by Crippen LogP contribution is -2.07. The van der Waals surface area contributed by atoms with Gasteiger partial charge in [-0.25, -0.2) is 14.1 Å². The van der Waals surface area contributed by atoms with E-state index in [1.165, 1.54) is 23.0 Å². The summed E-state index contributed by atoms with van der Waals surface area (Å²) in [4.78, 5) is 24.1. The van der Waals surface area contributed by atoms with Crippen molar-refractivity contribution in [3.8, 4) is 16.8 Å². The Labute approximate surface area is 193 Å². The van der Waals surface area contributed by atoms with Crippen LogP contribution in [-0.2, 0) is 0 Å². The second-order valence-electron chi connectivity index (χ2n) is 8.20. The molecule has 34 heavy (non-hydrogen) atoms. The summed E-state index contributed by atoms with van der Waals surface area (Å²) in [6.45, 7) is 1.89. The average Bonchev–Trinajstić information content (AvgIpc) is 3.53. The first-order valence-electron chi connectivity index (χ1n) is 10.7. The molecule has 7 nitrogen and oxygen atoms in total. The van der Waals surface area contributed by atoms with E-state index in [-0.39, 0.29) is 17.4 Å². The third-order valence-corrected chi connectivity index (χ3v) is 5.93. The molecule has 4 N–H and O–H groups in total. The van der Waals surface area contributed by atoms with Crippen LogP contribution in [0.4, 0.5) is 10.2 Å². The maximum atomic E-state index is 13.3. The third-order valence-electron chi connectivity index (χ3n) is 5.93. The number of fused-ring (bicyclic) bond motifs is 2. The number of rotatable bonds is 4. The van der Waals surface area contributed by atoms with Crippen molar-refractivity contribution in [1.82, 2.24) is 24.7 Å². The van der Waals surface area contributed by atoms with Gasteiger partial charge in [-0.15, -0.1) is 0 Å². The number of halogens is 1. The molecule has 166 valence electrons. The van der Waals surface area contributed by atoms with E-state index in [0.717, 1.165) is 44.6 Å². The number of nitrogen functional groups attached to an aromatic ring is 1. The molecule has 3 aromatic carbocycles. The number of imidazole rings is 1. The number of aryl methyl sites for hydroxylation is 1. The highest BCUT2D eigenvalue weighted by Gasteiger charge is 2.20. The number of nitrogens with two attached hydrogens (primary N) is 1. The van der Waals surface area contributed by atoms with E-state index in [1.807, 2.05) is 43.3 Å². The van der Waals surface area contributed by atoms with E-state index in [2.05, 4.69) is 20.1 Å². The zero-order valence-electron chi connectivity index (χ0n) is 18.1. The molecule has 0 spiro atoms. The number of aromatic amines is 2. The Kier molecular flexibility index (Phi) is 4.35. The fraction of sp³-hybridized carbons (Fsp3) is 0.0385. The number of nitrogens with one attached hydrogen (secondary N) is 2. The number of ketones is 1. The molecular formula is C26H19FN6O. The van der Waals surface area contributed by atoms with E-state index in [0.29, 0.717) is 11.3 Å². The average molecular weight is 450 g/mol. The van der Waals surface area contributed by atoms with E-state index in [4.69, 9.17) is 5.73 Å². The van der Waals surface area contributed by atoms with Gasteiger partial charge in [-0.3, -0.25) is 4.79 Å². The molecule has 0 aliphatic rings. The van der Waals surface area contributed by atoms with Gasteiger partial charge in [0.2, 0.25) is 5.78 Å². The Hall–Kier alpha value is -4.72. The van der Waals surface area contributed by atoms with Gasteiger partial charge in [0.15, 0.2) is 0 Å². The Morgan fingerprint density at radius 1 is 0.941 bits per heavy atom. The van der Waals surface area contributed by atoms with Gasteiger partial charge in [0.1, 0.15) is 17.5 Å². The van der Waals surface area contributed by atoms with Crippen molar-refractivity contribution in [3.05, 3.63) is 95.8 Å². The van der Waals surface area contributed by atoms with Crippen LogP contribution in [0.25, 0.3) is 38.8 Å². The lowest BCUT2D eigenvalue weighted by atomic mass is 10.0. The summed E-state index contributed by atoms with van der Waals surface area (Å²) in [5, 5.41) is 5.24. The molecule has 6 aromatic rings. The Bertz CT molecular complexity index is 1710. The second kappa shape index (κ2) is 7.41. The summed E-state index contributed by atoms with van der Waals surface area (Å²) in [5.74, 6) is 0.537. The monoisotopic (exact) mass is 450 g/mol. The molecule has 0 aliphatic heterocycles. The van der Waals surface area contributed by atoms with Crippen LogP contribution in [0, 0.1) is 12.7 Å². The number of hydrogen-bond donors (Lipinski definition) is 3. The van der Waals surface area contributed by atoms with Crippen molar-refractivity contribution >= 4 is 33.5 Å². The van der Waals surface area contributed by atoms with Crippen molar-refractivity contribution in [2.75, 3.05) is 5.73 Å². The first-order chi connectivity index (χ1) is 16.5. The predicted molar refractivity (Wildman–Crippen MR) is 129 cm³/mol. The lowest BCUT2D eigenvalue weighted by Gasteiger charge is -2.05. The fourth-order valence-electron chi connectivity index (χ4n) is 4.21. The van der Waals surface area contributed by atoms with Crippen molar-refractivity contribution in [2.45, 2.75) is 6.92 Å². The van der Waals surface area contributed by atoms with E-state index >= 15 is 0 Å². The number of benzene rings is 3. The number of hydrogen-bond acceptors (Lipinski definition) is 4. The molecule has 0 saturated heterocycles. The molecule has 0 fully saturated rings. The number of aromatic nitrogens is 5. The van der Waals surface area contributed by atoms with Crippen molar-refractivity contribution in [3.63, 3.8) is 0 Å². The van der Waals surface area contributed by atoms with Crippen molar-refractivity contribution < 1.29 is 9.18 Å². The molecular weight excluding hydrogens is 431 g/mol. The normalized spacial score (nSPS) is 11.5. The van der Waals surface area contributed by atoms with Gasteiger partial charge in [-0.1, -0.05) is 24.3 Å². The van der Waals surface area contributed by atoms with Gasteiger partial charge in [-0.05, 0) is 60.5 Å². The molecule has 8 heteroatoms. The zero-order chi connectivity index (χ0) is 23.4. The molecule has 0 saturated carbocycles. The van der Waals surface area contributed by atoms with E-state index in [1.54, 1.807) is 18.2 Å². The summed E-state index contributed by atoms with van der Waals surface area (Å²) >= 11 is 0. The predicted octanol–water partition coefficient (Wildman–Crippen LogP) is 5.16. The van der Waals surface area contributed by atoms with Crippen molar-refractivity contribution in [2.24, 2.45) is 0 Å². The van der Waals surface area contributed by atoms with Crippen LogP contribution in [0.1, 0.15) is 21.9 Å². The standard InChI is InChI=1S/C26H19FN6O/c1-14-30-21-9-8-19(12-23(21)31-14)33-26(28)20(13-29-33)25(34)24-11-17-3-2-16(10-22(17)32-24)15-4-6-18(27)7-5-15/h2-13,32H,28H2,1H3,(H,30,31). The van der Waals surface area contributed by atoms with E-state index in [9.17, 15) is 9.18 Å². The van der Waals surface area contributed by atoms with Gasteiger partial charge in [-0.2, -0.15) is 5.10 Å². The lowest BCUT2D eigenvalue weighted by molar-refractivity contribution is 0.103. The van der Waals surface area contributed by atoms with Crippen molar-refractivity contribution in [1.29, 1.82) is 0 Å². The summed E-state index contributed by atoms with van der Waals surface area (Å²) < 4.78 is 14.8. The van der Waals surface area contributed by atoms with Gasteiger partial charge < -0.3 is 15.7 Å². The molecule has 0 radical (unpaired) electrons. The van der Waals surface area contributed by atoms with Crippen LogP contribution in [0.15, 0.2) is 72.9 Å². The fourth-order valence-corrected chi connectivity index (χ4v) is 4.21. The van der Waals surface area contributed by atoms with Gasteiger partial charge in [0.25, 0.3) is 0 Å². The van der Waals surface area contributed by atoms with Crippen LogP contribution in [0.2, 0.25) is 0 Å². The van der Waals surface area contributed by atoms with Crippen LogP contribution in [0.5, 0.6) is 0 Å². The minimum Gasteiger partial charge on any atom is -0.383 e. The summed E-state index contributed by atoms with van der Waals surface area (Å²) in [6.07, 6.45) is 1.48. The van der Waals surface area contributed by atoms with Gasteiger partial charge in [0, 0.05) is 10.9 Å². The van der Waals surface area contributed by atoms with Gasteiger partial charge in [0.05, 0.1) is 34.2 Å². The molecule has 0 bridgehead atoms. The van der Waals surface area contributed by atoms with E-state index < -0.39 is 0 Å². The molecule has 6 rings (SSSR count). The topological polar surface area (TPSA) is 105 Å². The number of carbonyl (C=O) groups excluding carboxylic acids is 1. The van der Waals surface area contributed by atoms with Crippen LogP contribution >= 0.6 is 0 Å². The highest BCUT2D eigenvalue weighted by atomic mass is 19.1.